The van der Waals surface area contributed by atoms with E-state index in [0.29, 0.717) is 19.3 Å². The molecular formula is C6H9NO3. The number of hydrogen-bond donors (Lipinski definition) is 1. The minimum atomic E-state index is -0.476. The Morgan fingerprint density at radius 3 is 2.90 bits per heavy atom. The van der Waals surface area contributed by atoms with Crippen LogP contribution in [0.3, 0.4) is 0 Å². The van der Waals surface area contributed by atoms with Crippen molar-refractivity contribution in [3.8, 4) is 0 Å². The fraction of sp³-hybridized carbons (Fsp3) is 0.667. The average Bonchev–Trinajstić information content (AvgIpc) is 1.88. The van der Waals surface area contributed by atoms with Crippen molar-refractivity contribution in [2.24, 2.45) is 0 Å². The van der Waals surface area contributed by atoms with Crippen LogP contribution >= 0.6 is 0 Å². The lowest BCUT2D eigenvalue weighted by molar-refractivity contribution is -0.523. The van der Waals surface area contributed by atoms with E-state index in [9.17, 15) is 10.1 Å². The molecule has 1 aliphatic rings. The van der Waals surface area contributed by atoms with Crippen LogP contribution in [0.4, 0.5) is 0 Å². The monoisotopic (exact) mass is 143 g/mol. The number of hydrogen-bond acceptors (Lipinski definition) is 3. The Kier molecular flexibility index (Phi) is 1.89. The van der Waals surface area contributed by atoms with E-state index in [2.05, 4.69) is 0 Å². The van der Waals surface area contributed by atoms with Crippen molar-refractivity contribution in [1.29, 1.82) is 0 Å². The highest BCUT2D eigenvalue weighted by atomic mass is 16.6. The summed E-state index contributed by atoms with van der Waals surface area (Å²) in [6.45, 7) is 0. The van der Waals surface area contributed by atoms with Gasteiger partial charge < -0.3 is 5.11 Å². The first-order chi connectivity index (χ1) is 4.70. The Labute approximate surface area is 58.3 Å². The molecule has 0 fully saturated rings. The topological polar surface area (TPSA) is 63.4 Å². The minimum absolute atomic E-state index is 0.289. The van der Waals surface area contributed by atoms with E-state index in [1.54, 1.807) is 0 Å². The summed E-state index contributed by atoms with van der Waals surface area (Å²) < 4.78 is 0. The molecule has 1 aliphatic carbocycles. The molecule has 1 unspecified atom stereocenters. The normalized spacial score (nSPS) is 25.6. The number of aliphatic hydroxyl groups excluding tert-OH is 1. The summed E-state index contributed by atoms with van der Waals surface area (Å²) in [6, 6.07) is -0.476. The van der Waals surface area contributed by atoms with Gasteiger partial charge in [0.1, 0.15) is 0 Å². The molecule has 0 amide bonds. The van der Waals surface area contributed by atoms with E-state index in [0.717, 1.165) is 0 Å². The van der Waals surface area contributed by atoms with E-state index in [1.807, 2.05) is 0 Å². The smallest absolute Gasteiger partial charge is 0.217 e. The van der Waals surface area contributed by atoms with Gasteiger partial charge >= 0.3 is 0 Å². The summed E-state index contributed by atoms with van der Waals surface area (Å²) in [5.41, 5.74) is 0. The lowest BCUT2D eigenvalue weighted by atomic mass is 10.0. The van der Waals surface area contributed by atoms with Crippen molar-refractivity contribution < 1.29 is 10.0 Å². The minimum Gasteiger partial charge on any atom is -0.513 e. The molecule has 0 saturated heterocycles. The van der Waals surface area contributed by atoms with Gasteiger partial charge in [-0.2, -0.15) is 0 Å². The lowest BCUT2D eigenvalue weighted by Crippen LogP contribution is -2.21. The van der Waals surface area contributed by atoms with Gasteiger partial charge in [-0.3, -0.25) is 10.1 Å². The third-order valence-corrected chi connectivity index (χ3v) is 1.66. The van der Waals surface area contributed by atoms with Gasteiger partial charge in [0.2, 0.25) is 6.04 Å². The molecule has 0 spiro atoms. The summed E-state index contributed by atoms with van der Waals surface area (Å²) in [7, 11) is 0. The predicted molar refractivity (Wildman–Crippen MR) is 35.3 cm³/mol. The summed E-state index contributed by atoms with van der Waals surface area (Å²) >= 11 is 0. The van der Waals surface area contributed by atoms with Gasteiger partial charge in [-0.25, -0.2) is 0 Å². The first kappa shape index (κ1) is 7.05. The highest BCUT2D eigenvalue weighted by Crippen LogP contribution is 2.17. The van der Waals surface area contributed by atoms with Crippen molar-refractivity contribution in [2.75, 3.05) is 0 Å². The molecule has 0 aliphatic heterocycles. The maximum Gasteiger partial charge on any atom is 0.217 e. The molecule has 4 nitrogen and oxygen atoms in total. The highest BCUT2D eigenvalue weighted by Gasteiger charge is 2.22. The van der Waals surface area contributed by atoms with Crippen molar-refractivity contribution in [3.05, 3.63) is 21.9 Å². The van der Waals surface area contributed by atoms with Crippen molar-refractivity contribution >= 4 is 0 Å². The van der Waals surface area contributed by atoms with E-state index in [1.165, 1.54) is 6.08 Å². The molecule has 0 aromatic rings. The van der Waals surface area contributed by atoms with Gasteiger partial charge in [0.15, 0.2) is 0 Å². The number of rotatable bonds is 1. The molecule has 10 heavy (non-hydrogen) atoms. The van der Waals surface area contributed by atoms with Gasteiger partial charge in [-0.1, -0.05) is 0 Å². The van der Waals surface area contributed by atoms with Crippen LogP contribution in [0.1, 0.15) is 19.3 Å². The Bertz CT molecular complexity index is 176. The lowest BCUT2D eigenvalue weighted by Gasteiger charge is -2.11. The third kappa shape index (κ3) is 1.46. The third-order valence-electron chi connectivity index (χ3n) is 1.66. The molecule has 1 rings (SSSR count). The Balaban J connectivity index is 2.50. The predicted octanol–water partition coefficient (Wildman–Crippen LogP) is 1.26. The van der Waals surface area contributed by atoms with E-state index in [4.69, 9.17) is 5.11 Å². The molecule has 0 heterocycles. The molecule has 0 saturated carbocycles. The van der Waals surface area contributed by atoms with Crippen LogP contribution in [0.2, 0.25) is 0 Å². The van der Waals surface area contributed by atoms with Gasteiger partial charge in [0.25, 0.3) is 0 Å². The summed E-state index contributed by atoms with van der Waals surface area (Å²) in [4.78, 5) is 9.87. The molecule has 1 N–H and O–H groups in total. The van der Waals surface area contributed by atoms with Crippen LogP contribution in [0.5, 0.6) is 0 Å². The second-order valence-corrected chi connectivity index (χ2v) is 2.41. The van der Waals surface area contributed by atoms with E-state index < -0.39 is 6.04 Å². The second kappa shape index (κ2) is 2.68. The fourth-order valence-electron chi connectivity index (χ4n) is 0.998. The zero-order valence-electron chi connectivity index (χ0n) is 5.49. The maximum absolute atomic E-state index is 10.2. The Morgan fingerprint density at radius 1 is 1.80 bits per heavy atom. The number of nitro groups is 1. The second-order valence-electron chi connectivity index (χ2n) is 2.41. The fourth-order valence-corrected chi connectivity index (χ4v) is 0.998. The van der Waals surface area contributed by atoms with Crippen LogP contribution in [0.25, 0.3) is 0 Å². The van der Waals surface area contributed by atoms with Gasteiger partial charge in [-0.05, 0) is 6.08 Å². The van der Waals surface area contributed by atoms with Gasteiger partial charge in [0, 0.05) is 24.2 Å². The molecule has 0 bridgehead atoms. The van der Waals surface area contributed by atoms with E-state index in [-0.39, 0.29) is 10.7 Å². The number of nitrogens with zero attached hydrogens (tertiary/aromatic N) is 1. The average molecular weight is 143 g/mol. The first-order valence-corrected chi connectivity index (χ1v) is 3.21. The highest BCUT2D eigenvalue weighted by molar-refractivity contribution is 4.97. The van der Waals surface area contributed by atoms with Crippen LogP contribution in [0.15, 0.2) is 11.8 Å². The van der Waals surface area contributed by atoms with Gasteiger partial charge in [0.05, 0.1) is 5.76 Å². The SMILES string of the molecule is O=[N+]([O-])C1CC=C(O)CC1. The number of aliphatic hydroxyl groups is 1. The number of allylic oxidation sites excluding steroid dienone is 1. The molecule has 0 aromatic carbocycles. The van der Waals surface area contributed by atoms with Crippen LogP contribution in [-0.2, 0) is 0 Å². The molecule has 4 heteroatoms. The Morgan fingerprint density at radius 2 is 2.50 bits per heavy atom. The molecular weight excluding hydrogens is 134 g/mol. The zero-order chi connectivity index (χ0) is 7.56. The van der Waals surface area contributed by atoms with Gasteiger partial charge in [-0.15, -0.1) is 0 Å². The van der Waals surface area contributed by atoms with Crippen molar-refractivity contribution in [2.45, 2.75) is 25.3 Å². The quantitative estimate of drug-likeness (QED) is 0.444. The molecule has 1 atom stereocenters. The molecule has 56 valence electrons. The summed E-state index contributed by atoms with van der Waals surface area (Å²) in [5.74, 6) is 0.290. The zero-order valence-corrected chi connectivity index (χ0v) is 5.49. The van der Waals surface area contributed by atoms with Crippen LogP contribution < -0.4 is 0 Å². The van der Waals surface area contributed by atoms with E-state index >= 15 is 0 Å². The largest absolute Gasteiger partial charge is 0.513 e. The Hall–Kier alpha value is -1.06. The standard InChI is InChI=1S/C6H9NO3/c8-6-3-1-5(2-4-6)7(9)10/h3,5,8H,1-2,4H2. The van der Waals surface area contributed by atoms with Crippen LogP contribution in [0, 0.1) is 10.1 Å². The van der Waals surface area contributed by atoms with Crippen molar-refractivity contribution in [1.82, 2.24) is 0 Å². The van der Waals surface area contributed by atoms with Crippen LogP contribution in [-0.4, -0.2) is 16.1 Å². The first-order valence-electron chi connectivity index (χ1n) is 3.21. The maximum atomic E-state index is 10.2. The summed E-state index contributed by atoms with van der Waals surface area (Å²) in [5, 5.41) is 19.0. The molecule has 0 radical (unpaired) electrons. The summed E-state index contributed by atoms with van der Waals surface area (Å²) in [6.07, 6.45) is 2.82. The molecule has 0 aromatic heterocycles. The van der Waals surface area contributed by atoms with Crippen molar-refractivity contribution in [3.63, 3.8) is 0 Å².